The van der Waals surface area contributed by atoms with Crippen molar-refractivity contribution in [3.63, 3.8) is 0 Å². The third kappa shape index (κ3) is 8.46. The van der Waals surface area contributed by atoms with Crippen molar-refractivity contribution in [2.24, 2.45) is 5.92 Å². The lowest BCUT2D eigenvalue weighted by molar-refractivity contribution is 0.0933. The molecule has 2 aromatic carbocycles. The summed E-state index contributed by atoms with van der Waals surface area (Å²) in [6, 6.07) is 20.6. The van der Waals surface area contributed by atoms with E-state index in [0.717, 1.165) is 37.8 Å². The lowest BCUT2D eigenvalue weighted by Gasteiger charge is -2.32. The predicted octanol–water partition coefficient (Wildman–Crippen LogP) is 4.58. The first kappa shape index (κ1) is 28.9. The highest BCUT2D eigenvalue weighted by Crippen LogP contribution is 2.19. The number of nitrogens with two attached hydrogens (primary N) is 1. The number of nitrogen functional groups attached to an aromatic ring is 1. The van der Waals surface area contributed by atoms with Gasteiger partial charge in [-0.3, -0.25) is 14.5 Å². The van der Waals surface area contributed by atoms with E-state index in [1.807, 2.05) is 48.5 Å². The molecule has 2 heterocycles. The maximum absolute atomic E-state index is 12.3. The van der Waals surface area contributed by atoms with E-state index in [9.17, 15) is 9.59 Å². The van der Waals surface area contributed by atoms with Gasteiger partial charge < -0.3 is 16.0 Å². The summed E-state index contributed by atoms with van der Waals surface area (Å²) in [6.07, 6.45) is 1.94. The highest BCUT2D eigenvalue weighted by molar-refractivity contribution is 9.08. The van der Waals surface area contributed by atoms with E-state index >= 15 is 0 Å². The summed E-state index contributed by atoms with van der Waals surface area (Å²) in [7, 11) is 0. The summed E-state index contributed by atoms with van der Waals surface area (Å²) in [5.74, 6) is -0.0227. The zero-order chi connectivity index (χ0) is 27.5. The van der Waals surface area contributed by atoms with Gasteiger partial charge >= 0.3 is 0 Å². The van der Waals surface area contributed by atoms with Crippen LogP contribution in [0, 0.1) is 28.6 Å². The first-order chi connectivity index (χ1) is 18.3. The molecule has 8 nitrogen and oxygen atoms in total. The third-order valence-corrected chi connectivity index (χ3v) is 7.21. The van der Waals surface area contributed by atoms with Crippen LogP contribution in [0.3, 0.4) is 0 Å². The summed E-state index contributed by atoms with van der Waals surface area (Å²) >= 11 is 9.20. The van der Waals surface area contributed by atoms with Crippen LogP contribution in [0.5, 0.6) is 0 Å². The van der Waals surface area contributed by atoms with Gasteiger partial charge in [0.15, 0.2) is 0 Å². The number of amides is 1. The largest absolute Gasteiger partial charge is 0.384 e. The second-order valence-electron chi connectivity index (χ2n) is 8.95. The van der Waals surface area contributed by atoms with Gasteiger partial charge in [-0.25, -0.2) is 0 Å². The Kier molecular flexibility index (Phi) is 10.9. The van der Waals surface area contributed by atoms with E-state index in [1.54, 1.807) is 0 Å². The van der Waals surface area contributed by atoms with E-state index in [1.165, 1.54) is 17.2 Å². The van der Waals surface area contributed by atoms with Gasteiger partial charge in [-0.15, -0.1) is 0 Å². The van der Waals surface area contributed by atoms with Crippen LogP contribution >= 0.6 is 27.5 Å². The minimum atomic E-state index is -0.545. The number of pyridine rings is 1. The Morgan fingerprint density at radius 1 is 1.05 bits per heavy atom. The smallest absolute Gasteiger partial charge is 0.262 e. The fourth-order valence-corrected chi connectivity index (χ4v) is 4.51. The lowest BCUT2D eigenvalue weighted by Crippen LogP contribution is -2.39. The second-order valence-corrected chi connectivity index (χ2v) is 9.92. The van der Waals surface area contributed by atoms with Gasteiger partial charge in [-0.05, 0) is 73.3 Å². The standard InChI is InChI=1S/C20H22ClN5O2.C8H6BrN/c21-17-9-16(20(28)25-18(17)23)19(27)24-11-14-5-7-26(8-6-14)12-15-3-1-13(10-22)2-4-15;9-5-7-1-3-8(6-10)4-2-7/h1-4,9,14H,5-8,11-12H2,(H,24,27)(H3,23,25,28);1-4H,5H2. The number of benzene rings is 2. The van der Waals surface area contributed by atoms with Crippen LogP contribution in [-0.4, -0.2) is 35.4 Å². The number of aromatic nitrogens is 1. The zero-order valence-electron chi connectivity index (χ0n) is 20.7. The Hall–Kier alpha value is -3.63. The number of hydrogen-bond donors (Lipinski definition) is 3. The minimum Gasteiger partial charge on any atom is -0.384 e. The van der Waals surface area contributed by atoms with Gasteiger partial charge in [0.1, 0.15) is 11.4 Å². The van der Waals surface area contributed by atoms with Crippen LogP contribution in [-0.2, 0) is 11.9 Å². The molecule has 1 aliphatic heterocycles. The quantitative estimate of drug-likeness (QED) is 0.357. The van der Waals surface area contributed by atoms with Crippen molar-refractivity contribution < 1.29 is 4.79 Å². The Morgan fingerprint density at radius 3 is 2.13 bits per heavy atom. The number of rotatable bonds is 6. The molecule has 1 aromatic heterocycles. The second kappa shape index (κ2) is 14.3. The fourth-order valence-electron chi connectivity index (χ4n) is 3.98. The number of alkyl halides is 1. The summed E-state index contributed by atoms with van der Waals surface area (Å²) in [5, 5.41) is 21.1. The SMILES string of the molecule is N#Cc1ccc(CBr)cc1.N#Cc1ccc(CN2CCC(CNC(=O)c3cc(Cl)c(N)[nH]c3=O)CC2)cc1. The highest BCUT2D eigenvalue weighted by Gasteiger charge is 2.21. The number of anilines is 1. The summed E-state index contributed by atoms with van der Waals surface area (Å²) in [5.41, 5.74) is 8.71. The molecular weight excluding hydrogens is 568 g/mol. The van der Waals surface area contributed by atoms with Crippen molar-refractivity contribution in [1.82, 2.24) is 15.2 Å². The summed E-state index contributed by atoms with van der Waals surface area (Å²) in [6.45, 7) is 3.25. The molecule has 0 bridgehead atoms. The maximum Gasteiger partial charge on any atom is 0.262 e. The van der Waals surface area contributed by atoms with Gasteiger partial charge in [0, 0.05) is 18.4 Å². The van der Waals surface area contributed by atoms with Gasteiger partial charge in [0.05, 0.1) is 28.3 Å². The number of nitrogens with one attached hydrogen (secondary N) is 2. The maximum atomic E-state index is 12.3. The fraction of sp³-hybridized carbons (Fsp3) is 0.286. The molecular formula is C28H28BrClN6O2. The molecule has 1 aliphatic rings. The van der Waals surface area contributed by atoms with Crippen molar-refractivity contribution in [3.05, 3.63) is 97.8 Å². The van der Waals surface area contributed by atoms with E-state index in [0.29, 0.717) is 23.6 Å². The average Bonchev–Trinajstić information content (AvgIpc) is 2.95. The molecule has 10 heteroatoms. The molecule has 4 rings (SSSR count). The van der Waals surface area contributed by atoms with Gasteiger partial charge in [-0.2, -0.15) is 10.5 Å². The van der Waals surface area contributed by atoms with Gasteiger partial charge in [-0.1, -0.05) is 51.8 Å². The number of carbonyl (C=O) groups excluding carboxylic acids is 1. The molecule has 1 saturated heterocycles. The van der Waals surface area contributed by atoms with E-state index in [2.05, 4.69) is 43.3 Å². The molecule has 1 amide bonds. The average molecular weight is 596 g/mol. The number of piperidine rings is 1. The number of likely N-dealkylation sites (tertiary alicyclic amines) is 1. The number of aromatic amines is 1. The number of carbonyl (C=O) groups is 1. The molecule has 196 valence electrons. The Morgan fingerprint density at radius 2 is 1.61 bits per heavy atom. The number of H-pyrrole nitrogens is 1. The molecule has 0 saturated carbocycles. The molecule has 0 spiro atoms. The number of nitrogens with zero attached hydrogens (tertiary/aromatic N) is 3. The first-order valence-corrected chi connectivity index (χ1v) is 13.6. The van der Waals surface area contributed by atoms with Crippen molar-refractivity contribution in [3.8, 4) is 12.1 Å². The van der Waals surface area contributed by atoms with Crippen LogP contribution in [0.2, 0.25) is 5.02 Å². The van der Waals surface area contributed by atoms with Gasteiger partial charge in [0.25, 0.3) is 11.5 Å². The normalized spacial score (nSPS) is 13.5. The monoisotopic (exact) mass is 594 g/mol. The van der Waals surface area contributed by atoms with Crippen molar-refractivity contribution in [2.45, 2.75) is 24.7 Å². The minimum absolute atomic E-state index is 0.0301. The van der Waals surface area contributed by atoms with Crippen LogP contribution in [0.1, 0.15) is 45.5 Å². The summed E-state index contributed by atoms with van der Waals surface area (Å²) < 4.78 is 0. The molecule has 4 N–H and O–H groups in total. The molecule has 3 aromatic rings. The van der Waals surface area contributed by atoms with Crippen LogP contribution in [0.15, 0.2) is 59.4 Å². The van der Waals surface area contributed by atoms with Gasteiger partial charge in [0.2, 0.25) is 0 Å². The Balaban J connectivity index is 0.000000336. The van der Waals surface area contributed by atoms with Crippen molar-refractivity contribution >= 4 is 39.3 Å². The van der Waals surface area contributed by atoms with Crippen LogP contribution < -0.4 is 16.6 Å². The highest BCUT2D eigenvalue weighted by atomic mass is 79.9. The van der Waals surface area contributed by atoms with Crippen molar-refractivity contribution in [1.29, 1.82) is 10.5 Å². The Labute approximate surface area is 235 Å². The topological polar surface area (TPSA) is 139 Å². The molecule has 0 unspecified atom stereocenters. The van der Waals surface area contributed by atoms with E-state index in [4.69, 9.17) is 27.9 Å². The Bertz CT molecular complexity index is 1370. The van der Waals surface area contributed by atoms with Crippen LogP contribution in [0.4, 0.5) is 5.82 Å². The first-order valence-electron chi connectivity index (χ1n) is 12.1. The van der Waals surface area contributed by atoms with Crippen molar-refractivity contribution in [2.75, 3.05) is 25.4 Å². The van der Waals surface area contributed by atoms with Crippen LogP contribution in [0.25, 0.3) is 0 Å². The lowest BCUT2D eigenvalue weighted by atomic mass is 9.96. The number of hydrogen-bond acceptors (Lipinski definition) is 6. The molecule has 0 aliphatic carbocycles. The number of halogens is 2. The van der Waals surface area contributed by atoms with E-state index < -0.39 is 11.5 Å². The molecule has 0 radical (unpaired) electrons. The number of nitriles is 2. The van der Waals surface area contributed by atoms with E-state index in [-0.39, 0.29) is 16.4 Å². The predicted molar refractivity (Wildman–Crippen MR) is 152 cm³/mol. The molecule has 38 heavy (non-hydrogen) atoms. The molecule has 1 fully saturated rings. The molecule has 0 atom stereocenters. The zero-order valence-corrected chi connectivity index (χ0v) is 23.1. The third-order valence-electron chi connectivity index (χ3n) is 6.25. The summed E-state index contributed by atoms with van der Waals surface area (Å²) in [4.78, 5) is 28.9.